The largest absolute Gasteiger partial charge is 0.483 e. The highest BCUT2D eigenvalue weighted by Crippen LogP contribution is 2.36. The summed E-state index contributed by atoms with van der Waals surface area (Å²) in [6.07, 6.45) is -0.328. The Labute approximate surface area is 236 Å². The van der Waals surface area contributed by atoms with Gasteiger partial charge in [0.15, 0.2) is 17.1 Å². The summed E-state index contributed by atoms with van der Waals surface area (Å²) in [5, 5.41) is 14.3. The van der Waals surface area contributed by atoms with Crippen molar-refractivity contribution >= 4 is 40.0 Å². The number of carbonyl (C=O) groups excluding carboxylic acids is 2. The summed E-state index contributed by atoms with van der Waals surface area (Å²) < 4.78 is 13.2. The van der Waals surface area contributed by atoms with E-state index in [4.69, 9.17) is 9.47 Å². The van der Waals surface area contributed by atoms with E-state index in [0.29, 0.717) is 27.5 Å². The van der Waals surface area contributed by atoms with Gasteiger partial charge in [0.25, 0.3) is 0 Å². The Hall–Kier alpha value is -3.63. The Morgan fingerprint density at radius 2 is 1.77 bits per heavy atom. The number of rotatable bonds is 11. The fraction of sp³-hybridized carbons (Fsp3) is 0.310. The lowest BCUT2D eigenvalue weighted by atomic mass is 10.0. The summed E-state index contributed by atoms with van der Waals surface area (Å²) in [4.78, 5) is 25.6. The van der Waals surface area contributed by atoms with Crippen LogP contribution in [0.5, 0.6) is 5.75 Å². The van der Waals surface area contributed by atoms with Crippen molar-refractivity contribution < 1.29 is 19.1 Å². The van der Waals surface area contributed by atoms with Crippen molar-refractivity contribution in [3.05, 3.63) is 76.9 Å². The van der Waals surface area contributed by atoms with Gasteiger partial charge in [0.1, 0.15) is 16.3 Å². The lowest BCUT2D eigenvalue weighted by Gasteiger charge is -2.15. The molecule has 1 atom stereocenters. The highest BCUT2D eigenvalue weighted by atomic mass is 32.2. The minimum Gasteiger partial charge on any atom is -0.483 e. The Bertz CT molecular complexity index is 1420. The summed E-state index contributed by atoms with van der Waals surface area (Å²) >= 11 is 2.56. The molecule has 1 N–H and O–H groups in total. The van der Waals surface area contributed by atoms with Gasteiger partial charge in [0, 0.05) is 18.0 Å². The normalized spacial score (nSPS) is 11.8. The number of ether oxygens (including phenoxy) is 2. The number of thiophene rings is 1. The van der Waals surface area contributed by atoms with Crippen LogP contribution in [0.1, 0.15) is 61.5 Å². The van der Waals surface area contributed by atoms with Gasteiger partial charge in [-0.05, 0) is 43.0 Å². The zero-order valence-electron chi connectivity index (χ0n) is 22.6. The summed E-state index contributed by atoms with van der Waals surface area (Å²) in [6, 6.07) is 17.6. The minimum atomic E-state index is -0.466. The first-order valence-electron chi connectivity index (χ1n) is 12.7. The summed E-state index contributed by atoms with van der Waals surface area (Å²) in [6.45, 7) is 8.22. The fourth-order valence-electron chi connectivity index (χ4n) is 3.97. The second-order valence-electron chi connectivity index (χ2n) is 9.16. The van der Waals surface area contributed by atoms with Gasteiger partial charge in [-0.2, -0.15) is 0 Å². The van der Waals surface area contributed by atoms with E-state index in [1.165, 1.54) is 28.7 Å². The van der Waals surface area contributed by atoms with E-state index in [1.54, 1.807) is 6.92 Å². The quantitative estimate of drug-likeness (QED) is 0.160. The van der Waals surface area contributed by atoms with Gasteiger partial charge in [-0.15, -0.1) is 21.5 Å². The van der Waals surface area contributed by atoms with E-state index >= 15 is 0 Å². The van der Waals surface area contributed by atoms with Crippen molar-refractivity contribution in [2.24, 2.45) is 7.05 Å². The zero-order valence-corrected chi connectivity index (χ0v) is 24.3. The summed E-state index contributed by atoms with van der Waals surface area (Å²) in [5.74, 6) is 1.23. The van der Waals surface area contributed by atoms with E-state index in [1.807, 2.05) is 66.4 Å². The van der Waals surface area contributed by atoms with Gasteiger partial charge in [-0.1, -0.05) is 68.1 Å². The van der Waals surface area contributed by atoms with Crippen LogP contribution in [0.25, 0.3) is 11.1 Å². The molecule has 204 valence electrons. The van der Waals surface area contributed by atoms with E-state index in [0.717, 1.165) is 16.9 Å². The monoisotopic (exact) mass is 564 g/mol. The number of thioether (sulfide) groups is 1. The minimum absolute atomic E-state index is 0.0959. The average molecular weight is 565 g/mol. The number of anilines is 1. The Kier molecular flexibility index (Phi) is 9.42. The second kappa shape index (κ2) is 12.9. The topological polar surface area (TPSA) is 95.3 Å². The number of esters is 1. The maximum Gasteiger partial charge on any atom is 0.341 e. The van der Waals surface area contributed by atoms with Crippen molar-refractivity contribution in [1.29, 1.82) is 0 Å². The first-order valence-corrected chi connectivity index (χ1v) is 14.6. The molecule has 0 fully saturated rings. The molecule has 2 aromatic carbocycles. The van der Waals surface area contributed by atoms with Crippen molar-refractivity contribution in [2.45, 2.75) is 44.9 Å². The van der Waals surface area contributed by atoms with Crippen LogP contribution in [-0.2, 0) is 16.6 Å². The summed E-state index contributed by atoms with van der Waals surface area (Å²) in [5.41, 5.74) is 3.22. The maximum atomic E-state index is 12.9. The molecule has 0 radical (unpaired) electrons. The highest BCUT2D eigenvalue weighted by Gasteiger charge is 2.23. The van der Waals surface area contributed by atoms with Gasteiger partial charge in [0.05, 0.1) is 12.4 Å². The smallest absolute Gasteiger partial charge is 0.341 e. The van der Waals surface area contributed by atoms with Crippen molar-refractivity contribution in [2.75, 3.05) is 17.7 Å². The van der Waals surface area contributed by atoms with Crippen LogP contribution in [0.15, 0.2) is 65.1 Å². The molecule has 4 aromatic rings. The molecule has 0 aliphatic heterocycles. The predicted octanol–water partition coefficient (Wildman–Crippen LogP) is 6.71. The van der Waals surface area contributed by atoms with Gasteiger partial charge >= 0.3 is 5.97 Å². The molecule has 1 unspecified atom stereocenters. The standard InChI is InChI=1S/C29H32N4O4S2/c1-6-36-28(35)25-23(21-10-8-7-9-11-21)16-38-27(25)30-24(34)17-39-29-32-31-26(33(29)5)19(4)37-22-14-12-20(13-15-22)18(2)3/h7-16,18-19H,6,17H2,1-5H3,(H,30,34). The Balaban J connectivity index is 1.40. The Morgan fingerprint density at radius 3 is 2.44 bits per heavy atom. The predicted molar refractivity (Wildman–Crippen MR) is 156 cm³/mol. The third-order valence-electron chi connectivity index (χ3n) is 6.03. The Morgan fingerprint density at radius 1 is 1.05 bits per heavy atom. The van der Waals surface area contributed by atoms with Crippen LogP contribution in [0, 0.1) is 0 Å². The molecular formula is C29H32N4O4S2. The molecule has 0 bridgehead atoms. The molecule has 2 heterocycles. The van der Waals surface area contributed by atoms with Crippen LogP contribution in [0.3, 0.4) is 0 Å². The highest BCUT2D eigenvalue weighted by molar-refractivity contribution is 7.99. The number of nitrogens with one attached hydrogen (secondary N) is 1. The van der Waals surface area contributed by atoms with Gasteiger partial charge in [-0.25, -0.2) is 4.79 Å². The van der Waals surface area contributed by atoms with Crippen LogP contribution in [0.2, 0.25) is 0 Å². The lowest BCUT2D eigenvalue weighted by Crippen LogP contribution is -2.17. The van der Waals surface area contributed by atoms with E-state index in [2.05, 4.69) is 41.5 Å². The number of hydrogen-bond donors (Lipinski definition) is 1. The molecule has 0 aliphatic rings. The number of benzene rings is 2. The van der Waals surface area contributed by atoms with Gasteiger partial charge < -0.3 is 19.4 Å². The molecule has 0 saturated carbocycles. The number of hydrogen-bond acceptors (Lipinski definition) is 8. The maximum absolute atomic E-state index is 12.9. The fourth-order valence-corrected chi connectivity index (χ4v) is 5.66. The van der Waals surface area contributed by atoms with Crippen LogP contribution >= 0.6 is 23.1 Å². The first-order chi connectivity index (χ1) is 18.8. The van der Waals surface area contributed by atoms with Crippen LogP contribution < -0.4 is 10.1 Å². The molecule has 0 spiro atoms. The van der Waals surface area contributed by atoms with Crippen molar-refractivity contribution in [1.82, 2.24) is 14.8 Å². The number of aromatic nitrogens is 3. The molecule has 2 aromatic heterocycles. The average Bonchev–Trinajstić information content (AvgIpc) is 3.51. The van der Waals surface area contributed by atoms with E-state index in [-0.39, 0.29) is 24.4 Å². The summed E-state index contributed by atoms with van der Waals surface area (Å²) in [7, 11) is 1.85. The van der Waals surface area contributed by atoms with Crippen LogP contribution in [0.4, 0.5) is 5.00 Å². The molecule has 0 aliphatic carbocycles. The van der Waals surface area contributed by atoms with E-state index in [9.17, 15) is 9.59 Å². The zero-order chi connectivity index (χ0) is 27.9. The SMILES string of the molecule is CCOC(=O)c1c(-c2ccccc2)csc1NC(=O)CSc1nnc(C(C)Oc2ccc(C(C)C)cc2)n1C. The number of carbonyl (C=O) groups is 2. The molecule has 1 amide bonds. The van der Waals surface area contributed by atoms with Crippen molar-refractivity contribution in [3.8, 4) is 16.9 Å². The molecule has 0 saturated heterocycles. The number of amides is 1. The molecular weight excluding hydrogens is 532 g/mol. The third kappa shape index (κ3) is 6.88. The van der Waals surface area contributed by atoms with Crippen LogP contribution in [-0.4, -0.2) is 39.0 Å². The van der Waals surface area contributed by atoms with Crippen molar-refractivity contribution in [3.63, 3.8) is 0 Å². The molecule has 8 nitrogen and oxygen atoms in total. The van der Waals surface area contributed by atoms with Gasteiger partial charge in [-0.3, -0.25) is 4.79 Å². The lowest BCUT2D eigenvalue weighted by molar-refractivity contribution is -0.113. The number of nitrogens with zero attached hydrogens (tertiary/aromatic N) is 3. The first kappa shape index (κ1) is 28.4. The van der Waals surface area contributed by atoms with Gasteiger partial charge in [0.2, 0.25) is 5.91 Å². The third-order valence-corrected chi connectivity index (χ3v) is 7.95. The molecule has 4 rings (SSSR count). The molecule has 39 heavy (non-hydrogen) atoms. The van der Waals surface area contributed by atoms with E-state index < -0.39 is 5.97 Å². The second-order valence-corrected chi connectivity index (χ2v) is 11.0. The molecule has 10 heteroatoms.